The Labute approximate surface area is 127 Å². The van der Waals surface area contributed by atoms with E-state index in [-0.39, 0.29) is 0 Å². The van der Waals surface area contributed by atoms with Crippen molar-refractivity contribution in [3.05, 3.63) is 16.3 Å². The van der Waals surface area contributed by atoms with Crippen LogP contribution in [0.1, 0.15) is 16.3 Å². The van der Waals surface area contributed by atoms with Crippen molar-refractivity contribution in [1.82, 2.24) is 14.9 Å². The first-order valence-corrected chi connectivity index (χ1v) is 8.68. The summed E-state index contributed by atoms with van der Waals surface area (Å²) in [5.41, 5.74) is 3.92. The predicted octanol–water partition coefficient (Wildman–Crippen LogP) is 2.39. The van der Waals surface area contributed by atoms with E-state index in [0.29, 0.717) is 0 Å². The standard InChI is InChI=1S/C13H21N5S2/c1-8-9(2)20-13-11(8)12(17-14)15-10(16-13)7-18(3)5-6-19-4/h5-7,14H2,1-4H3,(H,15,16,17). The number of thioether (sulfide) groups is 1. The van der Waals surface area contributed by atoms with Crippen molar-refractivity contribution in [3.8, 4) is 0 Å². The van der Waals surface area contributed by atoms with Crippen LogP contribution in [0.3, 0.4) is 0 Å². The minimum Gasteiger partial charge on any atom is -0.308 e. The summed E-state index contributed by atoms with van der Waals surface area (Å²) in [4.78, 5) is 13.7. The van der Waals surface area contributed by atoms with Crippen LogP contribution in [0.5, 0.6) is 0 Å². The van der Waals surface area contributed by atoms with E-state index in [1.165, 1.54) is 10.4 Å². The molecule has 0 aliphatic heterocycles. The Morgan fingerprint density at radius 2 is 2.10 bits per heavy atom. The van der Waals surface area contributed by atoms with Crippen LogP contribution in [-0.4, -0.2) is 40.5 Å². The van der Waals surface area contributed by atoms with Crippen molar-refractivity contribution in [2.75, 3.05) is 31.0 Å². The molecule has 2 aromatic rings. The van der Waals surface area contributed by atoms with Crippen LogP contribution in [0.15, 0.2) is 0 Å². The van der Waals surface area contributed by atoms with Gasteiger partial charge in [0.15, 0.2) is 5.82 Å². The molecule has 0 bridgehead atoms. The quantitative estimate of drug-likeness (QED) is 0.631. The van der Waals surface area contributed by atoms with Gasteiger partial charge in [0.25, 0.3) is 0 Å². The molecular weight excluding hydrogens is 290 g/mol. The SMILES string of the molecule is CSCCN(C)Cc1nc(NN)c2c(C)c(C)sc2n1. The molecule has 0 saturated heterocycles. The molecule has 20 heavy (non-hydrogen) atoms. The first-order valence-electron chi connectivity index (χ1n) is 6.47. The van der Waals surface area contributed by atoms with Gasteiger partial charge in [-0.3, -0.25) is 4.90 Å². The van der Waals surface area contributed by atoms with Crippen LogP contribution < -0.4 is 11.3 Å². The molecule has 0 aromatic carbocycles. The van der Waals surface area contributed by atoms with Gasteiger partial charge < -0.3 is 5.43 Å². The summed E-state index contributed by atoms with van der Waals surface area (Å²) in [6.45, 7) is 5.95. The summed E-state index contributed by atoms with van der Waals surface area (Å²) in [6, 6.07) is 0. The van der Waals surface area contributed by atoms with Crippen molar-refractivity contribution in [2.24, 2.45) is 5.84 Å². The minimum atomic E-state index is 0.727. The molecule has 7 heteroatoms. The molecule has 0 radical (unpaired) electrons. The second kappa shape index (κ2) is 6.71. The van der Waals surface area contributed by atoms with Gasteiger partial charge in [-0.2, -0.15) is 11.8 Å². The van der Waals surface area contributed by atoms with Crippen molar-refractivity contribution < 1.29 is 0 Å². The largest absolute Gasteiger partial charge is 0.308 e. The van der Waals surface area contributed by atoms with E-state index in [1.54, 1.807) is 11.3 Å². The first-order chi connectivity index (χ1) is 9.56. The maximum absolute atomic E-state index is 5.62. The third-order valence-corrected chi connectivity index (χ3v) is 4.99. The zero-order chi connectivity index (χ0) is 14.7. The van der Waals surface area contributed by atoms with Crippen LogP contribution in [-0.2, 0) is 6.54 Å². The summed E-state index contributed by atoms with van der Waals surface area (Å²) in [7, 11) is 2.09. The van der Waals surface area contributed by atoms with Crippen molar-refractivity contribution in [2.45, 2.75) is 20.4 Å². The molecule has 110 valence electrons. The van der Waals surface area contributed by atoms with Gasteiger partial charge in [0.05, 0.1) is 11.9 Å². The lowest BCUT2D eigenvalue weighted by atomic mass is 10.2. The van der Waals surface area contributed by atoms with Gasteiger partial charge in [-0.05, 0) is 32.7 Å². The fourth-order valence-electron chi connectivity index (χ4n) is 2.04. The minimum absolute atomic E-state index is 0.727. The van der Waals surface area contributed by atoms with Gasteiger partial charge in [-0.25, -0.2) is 15.8 Å². The van der Waals surface area contributed by atoms with Crippen LogP contribution in [0.25, 0.3) is 10.2 Å². The molecule has 0 aliphatic rings. The first kappa shape index (κ1) is 15.5. The Kier molecular flexibility index (Phi) is 5.20. The highest BCUT2D eigenvalue weighted by molar-refractivity contribution is 7.98. The molecule has 0 atom stereocenters. The number of nitrogens with zero attached hydrogens (tertiary/aromatic N) is 3. The number of anilines is 1. The Hall–Kier alpha value is -0.890. The number of aryl methyl sites for hydroxylation is 2. The van der Waals surface area contributed by atoms with Gasteiger partial charge >= 0.3 is 0 Å². The van der Waals surface area contributed by atoms with E-state index in [2.05, 4.69) is 47.4 Å². The highest BCUT2D eigenvalue weighted by Crippen LogP contribution is 2.32. The molecule has 5 nitrogen and oxygen atoms in total. The normalized spacial score (nSPS) is 11.5. The second-order valence-electron chi connectivity index (χ2n) is 4.83. The third-order valence-electron chi connectivity index (χ3n) is 3.30. The average Bonchev–Trinajstić information content (AvgIpc) is 2.71. The molecule has 0 unspecified atom stereocenters. The van der Waals surface area contributed by atoms with Crippen LogP contribution in [0, 0.1) is 13.8 Å². The summed E-state index contributed by atoms with van der Waals surface area (Å²) in [5, 5.41) is 1.05. The zero-order valence-corrected chi connectivity index (χ0v) is 14.0. The van der Waals surface area contributed by atoms with Crippen molar-refractivity contribution in [1.29, 1.82) is 0 Å². The van der Waals surface area contributed by atoms with E-state index in [9.17, 15) is 0 Å². The molecule has 2 heterocycles. The van der Waals surface area contributed by atoms with Gasteiger partial charge in [0.2, 0.25) is 0 Å². The molecule has 0 fully saturated rings. The zero-order valence-electron chi connectivity index (χ0n) is 12.4. The lowest BCUT2D eigenvalue weighted by molar-refractivity contribution is 0.340. The number of nitrogen functional groups attached to an aromatic ring is 1. The summed E-state index contributed by atoms with van der Waals surface area (Å²) in [6.07, 6.45) is 2.12. The highest BCUT2D eigenvalue weighted by atomic mass is 32.2. The molecule has 0 aliphatic carbocycles. The predicted molar refractivity (Wildman–Crippen MR) is 89.4 cm³/mol. The van der Waals surface area contributed by atoms with Crippen LogP contribution >= 0.6 is 23.1 Å². The maximum atomic E-state index is 5.62. The monoisotopic (exact) mass is 311 g/mol. The molecule has 3 N–H and O–H groups in total. The Bertz CT molecular complexity index is 596. The Morgan fingerprint density at radius 3 is 2.75 bits per heavy atom. The van der Waals surface area contributed by atoms with E-state index in [0.717, 1.165) is 40.7 Å². The molecule has 0 amide bonds. The second-order valence-corrected chi connectivity index (χ2v) is 7.02. The smallest absolute Gasteiger partial charge is 0.152 e. The van der Waals surface area contributed by atoms with E-state index >= 15 is 0 Å². The summed E-state index contributed by atoms with van der Waals surface area (Å²) >= 11 is 3.54. The van der Waals surface area contributed by atoms with Crippen molar-refractivity contribution in [3.63, 3.8) is 0 Å². The maximum Gasteiger partial charge on any atom is 0.152 e. The average molecular weight is 311 g/mol. The number of hydrazine groups is 1. The van der Waals surface area contributed by atoms with Gasteiger partial charge in [0.1, 0.15) is 10.7 Å². The van der Waals surface area contributed by atoms with E-state index in [4.69, 9.17) is 5.84 Å². The van der Waals surface area contributed by atoms with Gasteiger partial charge in [-0.15, -0.1) is 11.3 Å². The summed E-state index contributed by atoms with van der Waals surface area (Å²) < 4.78 is 0. The van der Waals surface area contributed by atoms with Gasteiger partial charge in [0, 0.05) is 17.2 Å². The number of rotatable bonds is 6. The fourth-order valence-corrected chi connectivity index (χ4v) is 3.58. The number of fused-ring (bicyclic) bond motifs is 1. The molecule has 2 aromatic heterocycles. The third kappa shape index (κ3) is 3.22. The molecule has 0 spiro atoms. The lowest BCUT2D eigenvalue weighted by Gasteiger charge is -2.15. The molecule has 2 rings (SSSR count). The number of hydrogen-bond acceptors (Lipinski definition) is 7. The number of nitrogens with one attached hydrogen (secondary N) is 1. The molecule has 0 saturated carbocycles. The number of thiophene rings is 1. The summed E-state index contributed by atoms with van der Waals surface area (Å²) in [5.74, 6) is 8.27. The van der Waals surface area contributed by atoms with E-state index in [1.807, 2.05) is 11.8 Å². The van der Waals surface area contributed by atoms with Gasteiger partial charge in [-0.1, -0.05) is 0 Å². The lowest BCUT2D eigenvalue weighted by Crippen LogP contribution is -2.22. The Balaban J connectivity index is 2.31. The van der Waals surface area contributed by atoms with E-state index < -0.39 is 0 Å². The van der Waals surface area contributed by atoms with Crippen molar-refractivity contribution >= 4 is 39.1 Å². The van der Waals surface area contributed by atoms with Crippen LogP contribution in [0.2, 0.25) is 0 Å². The van der Waals surface area contributed by atoms with Crippen LogP contribution in [0.4, 0.5) is 5.82 Å². The highest BCUT2D eigenvalue weighted by Gasteiger charge is 2.14. The molecular formula is C13H21N5S2. The topological polar surface area (TPSA) is 67.1 Å². The number of aromatic nitrogens is 2. The fraction of sp³-hybridized carbons (Fsp3) is 0.538. The Morgan fingerprint density at radius 1 is 1.35 bits per heavy atom. The number of nitrogens with two attached hydrogens (primary N) is 1. The number of hydrogen-bond donors (Lipinski definition) is 2.